The molecule has 0 aromatic rings. The van der Waals surface area contributed by atoms with Crippen LogP contribution in [-0.2, 0) is 42.3 Å². The molecule has 70 heavy (non-hydrogen) atoms. The van der Waals surface area contributed by atoms with E-state index in [2.05, 4.69) is 35.1 Å². The van der Waals surface area contributed by atoms with Crippen LogP contribution in [0.4, 0.5) is 4.79 Å². The molecule has 2 fully saturated rings. The number of amides is 4. The smallest absolute Gasteiger partial charge is 0.315 e. The summed E-state index contributed by atoms with van der Waals surface area (Å²) in [6.45, 7) is 3.73. The molecule has 4 N–H and O–H groups in total. The first-order valence-electron chi connectivity index (χ1n) is 28.2. The van der Waals surface area contributed by atoms with Crippen LogP contribution in [0.2, 0.25) is 0 Å². The number of esters is 2. The first kappa shape index (κ1) is 63.7. The summed E-state index contributed by atoms with van der Waals surface area (Å²) in [6.07, 6.45) is 35.7. The molecule has 408 valence electrons. The standard InChI is InChI=1S/C53H99N4O11PS/c1-3-5-7-9-11-13-15-17-19-21-23-25-29-37-50(60)65-42-45(68-51(61)38-30-26-24-22-20-18-16-14-12-10-8-6-4-2)43-67-69(63,64)66-41-40-55-49(59)35-28-27-33-39-54-48(58)36-32-31-34-47-52-46(44-70-47)56-53(62)57-52/h45-47,52H,3-44H2,1-2H3,(H,54,58)(H,55,59)(H,63,64)(H2,56,57,62)/p-1/t45?,46?,47?,52-/m1/s1. The largest absolute Gasteiger partial charge is 0.756 e. The van der Waals surface area contributed by atoms with Gasteiger partial charge in [0.2, 0.25) is 11.8 Å². The van der Waals surface area contributed by atoms with Crippen LogP contribution in [0.5, 0.6) is 0 Å². The van der Waals surface area contributed by atoms with Crippen LogP contribution in [0, 0.1) is 0 Å². The Bertz CT molecular complexity index is 1430. The molecule has 4 unspecified atom stereocenters. The average molecular weight is 1030 g/mol. The third kappa shape index (κ3) is 35.7. The molecule has 15 nitrogen and oxygen atoms in total. The van der Waals surface area contributed by atoms with Gasteiger partial charge >= 0.3 is 18.0 Å². The number of ether oxygens (including phenoxy) is 2. The highest BCUT2D eigenvalue weighted by Gasteiger charge is 2.42. The lowest BCUT2D eigenvalue weighted by atomic mass is 10.0. The van der Waals surface area contributed by atoms with Gasteiger partial charge < -0.3 is 44.7 Å². The van der Waals surface area contributed by atoms with Crippen molar-refractivity contribution in [1.29, 1.82) is 0 Å². The fourth-order valence-corrected chi connectivity index (χ4v) is 11.3. The van der Waals surface area contributed by atoms with Crippen LogP contribution in [0.1, 0.15) is 245 Å². The summed E-state index contributed by atoms with van der Waals surface area (Å²) < 4.78 is 33.7. The highest BCUT2D eigenvalue weighted by Crippen LogP contribution is 2.38. The first-order valence-corrected chi connectivity index (χ1v) is 30.7. The summed E-state index contributed by atoms with van der Waals surface area (Å²) in [4.78, 5) is 74.2. The van der Waals surface area contributed by atoms with Gasteiger partial charge in [0.15, 0.2) is 6.10 Å². The lowest BCUT2D eigenvalue weighted by Crippen LogP contribution is -2.36. The maximum absolute atomic E-state index is 12.8. The van der Waals surface area contributed by atoms with Crippen molar-refractivity contribution in [1.82, 2.24) is 21.3 Å². The number of urea groups is 1. The van der Waals surface area contributed by atoms with Crippen molar-refractivity contribution >= 4 is 49.4 Å². The summed E-state index contributed by atoms with van der Waals surface area (Å²) in [5, 5.41) is 11.9. The van der Waals surface area contributed by atoms with Crippen LogP contribution in [-0.4, -0.2) is 91.9 Å². The van der Waals surface area contributed by atoms with Crippen LogP contribution < -0.4 is 26.2 Å². The van der Waals surface area contributed by atoms with Gasteiger partial charge in [-0.15, -0.1) is 0 Å². The van der Waals surface area contributed by atoms with E-state index in [1.807, 2.05) is 11.8 Å². The van der Waals surface area contributed by atoms with E-state index in [0.29, 0.717) is 37.5 Å². The Labute approximate surface area is 428 Å². The molecular formula is C53H98N4O11PS-. The summed E-state index contributed by atoms with van der Waals surface area (Å²) in [6, 6.07) is 0.301. The van der Waals surface area contributed by atoms with Crippen molar-refractivity contribution in [2.45, 2.75) is 268 Å². The maximum Gasteiger partial charge on any atom is 0.315 e. The van der Waals surface area contributed by atoms with Crippen molar-refractivity contribution in [3.63, 3.8) is 0 Å². The highest BCUT2D eigenvalue weighted by atomic mass is 32.2. The van der Waals surface area contributed by atoms with Gasteiger partial charge in [-0.3, -0.25) is 23.7 Å². The molecule has 2 aliphatic rings. The molecule has 2 rings (SSSR count). The molecule has 5 atom stereocenters. The van der Waals surface area contributed by atoms with Gasteiger partial charge in [-0.1, -0.05) is 181 Å². The minimum absolute atomic E-state index is 0.0146. The second-order valence-corrected chi connectivity index (χ2v) is 22.4. The molecule has 0 aliphatic carbocycles. The molecule has 4 amide bonds. The monoisotopic (exact) mass is 1030 g/mol. The van der Waals surface area contributed by atoms with E-state index < -0.39 is 32.5 Å². The molecule has 0 aromatic carbocycles. The maximum atomic E-state index is 12.8. The number of fused-ring (bicyclic) bond motifs is 1. The molecule has 0 radical (unpaired) electrons. The normalized spacial score (nSPS) is 17.6. The second kappa shape index (κ2) is 43.1. The number of nitrogens with one attached hydrogen (secondary N) is 4. The van der Waals surface area contributed by atoms with Gasteiger partial charge in [-0.25, -0.2) is 4.79 Å². The quantitative estimate of drug-likeness (QED) is 0.0194. The lowest BCUT2D eigenvalue weighted by Gasteiger charge is -2.25. The summed E-state index contributed by atoms with van der Waals surface area (Å²) in [5.41, 5.74) is 0. The average Bonchev–Trinajstić information content (AvgIpc) is 3.90. The first-order chi connectivity index (χ1) is 34.0. The zero-order valence-electron chi connectivity index (χ0n) is 43.9. The second-order valence-electron chi connectivity index (χ2n) is 19.7. The Morgan fingerprint density at radius 3 is 1.59 bits per heavy atom. The summed E-state index contributed by atoms with van der Waals surface area (Å²) >= 11 is 1.88. The topological polar surface area (TPSA) is 211 Å². The van der Waals surface area contributed by atoms with Gasteiger partial charge in [0.1, 0.15) is 6.61 Å². The molecule has 0 bridgehead atoms. The van der Waals surface area contributed by atoms with E-state index in [0.717, 1.165) is 76.4 Å². The van der Waals surface area contributed by atoms with Crippen molar-refractivity contribution in [3.8, 4) is 0 Å². The molecule has 17 heteroatoms. The van der Waals surface area contributed by atoms with E-state index in [9.17, 15) is 33.4 Å². The molecule has 2 aliphatic heterocycles. The number of hydrogen-bond acceptors (Lipinski definition) is 12. The molecular weight excluding hydrogens is 932 g/mol. The lowest BCUT2D eigenvalue weighted by molar-refractivity contribution is -0.228. The third-order valence-electron chi connectivity index (χ3n) is 13.3. The van der Waals surface area contributed by atoms with Crippen molar-refractivity contribution in [3.05, 3.63) is 0 Å². The Morgan fingerprint density at radius 1 is 0.586 bits per heavy atom. The fourth-order valence-electron chi connectivity index (χ4n) is 9.02. The van der Waals surface area contributed by atoms with Gasteiger partial charge in [-0.2, -0.15) is 11.8 Å². The highest BCUT2D eigenvalue weighted by molar-refractivity contribution is 8.00. The molecule has 0 aromatic heterocycles. The number of rotatable bonds is 49. The van der Waals surface area contributed by atoms with Gasteiger partial charge in [-0.05, 0) is 38.5 Å². The van der Waals surface area contributed by atoms with Crippen molar-refractivity contribution in [2.75, 3.05) is 38.7 Å². The molecule has 0 spiro atoms. The van der Waals surface area contributed by atoms with Crippen LogP contribution >= 0.6 is 19.6 Å². The number of thioether (sulfide) groups is 1. The Morgan fingerprint density at radius 2 is 1.04 bits per heavy atom. The van der Waals surface area contributed by atoms with E-state index in [-0.39, 0.29) is 69.0 Å². The zero-order valence-corrected chi connectivity index (χ0v) is 45.6. The molecule has 2 saturated heterocycles. The molecule has 0 saturated carbocycles. The number of carbonyl (C=O) groups excluding carboxylic acids is 5. The van der Waals surface area contributed by atoms with Gasteiger partial charge in [0.25, 0.3) is 7.82 Å². The van der Waals surface area contributed by atoms with Gasteiger partial charge in [0.05, 0.1) is 25.3 Å². The summed E-state index contributed by atoms with van der Waals surface area (Å²) in [7, 11) is -4.84. The zero-order chi connectivity index (χ0) is 50.8. The SMILES string of the molecule is CCCCCCCCCCCCCCCC(=O)OCC(COP(=O)([O-])OCCNC(=O)CCCCCNC(=O)CCCCC1SCC2NC(=O)N[C@H]21)OC(=O)CCCCCCCCCCCCCCC. The van der Waals surface area contributed by atoms with Crippen LogP contribution in [0.25, 0.3) is 0 Å². The van der Waals surface area contributed by atoms with Crippen LogP contribution in [0.3, 0.4) is 0 Å². The van der Waals surface area contributed by atoms with E-state index in [4.69, 9.17) is 18.5 Å². The number of phosphoric ester groups is 1. The predicted molar refractivity (Wildman–Crippen MR) is 279 cm³/mol. The van der Waals surface area contributed by atoms with E-state index in [1.54, 1.807) is 0 Å². The van der Waals surface area contributed by atoms with Crippen molar-refractivity contribution < 1.29 is 52.0 Å². The minimum Gasteiger partial charge on any atom is -0.756 e. The van der Waals surface area contributed by atoms with E-state index >= 15 is 0 Å². The number of phosphoric acid groups is 1. The van der Waals surface area contributed by atoms with Crippen molar-refractivity contribution in [2.24, 2.45) is 0 Å². The summed E-state index contributed by atoms with van der Waals surface area (Å²) in [5.74, 6) is -0.238. The third-order valence-corrected chi connectivity index (χ3v) is 15.7. The minimum atomic E-state index is -4.84. The van der Waals surface area contributed by atoms with Crippen LogP contribution in [0.15, 0.2) is 0 Å². The predicted octanol–water partition coefficient (Wildman–Crippen LogP) is 11.4. The number of hydrogen-bond donors (Lipinski definition) is 4. The Hall–Kier alpha value is -2.39. The molecule has 2 heterocycles. The van der Waals surface area contributed by atoms with E-state index in [1.165, 1.54) is 116 Å². The number of unbranched alkanes of at least 4 members (excludes halogenated alkanes) is 27. The fraction of sp³-hybridized carbons (Fsp3) is 0.906. The Balaban J connectivity index is 1.59. The Kier molecular flexibility index (Phi) is 39.2. The van der Waals surface area contributed by atoms with Gasteiger partial charge in [0, 0.05) is 49.8 Å². The number of carbonyl (C=O) groups is 5.